The fraction of sp³-hybridized carbons (Fsp3) is 0.412. The molecule has 0 saturated carbocycles. The Kier molecular flexibility index (Phi) is 7.37. The van der Waals surface area contributed by atoms with Crippen molar-refractivity contribution in [3.05, 3.63) is 44.1 Å². The Morgan fingerprint density at radius 1 is 1.12 bits per heavy atom. The molecule has 1 aromatic carbocycles. The number of rotatable bonds is 7. The molecule has 0 aromatic heterocycles. The quantitative estimate of drug-likeness (QED) is 0.123. The summed E-state index contributed by atoms with van der Waals surface area (Å²) >= 11 is 0.0596. The molecule has 1 unspecified atom stereocenters. The number of phosphoric ester groups is 1. The number of fused-ring (bicyclic) bond motifs is 2. The third kappa shape index (κ3) is 5.34. The van der Waals surface area contributed by atoms with Crippen LogP contribution in [-0.2, 0) is 15.6 Å². The van der Waals surface area contributed by atoms with Crippen LogP contribution < -0.4 is 11.2 Å². The normalized spacial score (nSPS) is 16.3. The summed E-state index contributed by atoms with van der Waals surface area (Å²) in [5.41, 5.74) is 0.306. The molecule has 2 heterocycles. The van der Waals surface area contributed by atoms with Crippen LogP contribution in [0, 0.1) is 13.8 Å². The molecule has 15 heteroatoms. The number of phosphoric acid groups is 1. The van der Waals surface area contributed by atoms with Gasteiger partial charge in [0.1, 0.15) is 0 Å². The van der Waals surface area contributed by atoms with Gasteiger partial charge >= 0.3 is 198 Å². The average molecular weight is 478 g/mol. The molecule has 6 N–H and O–H groups in total. The van der Waals surface area contributed by atoms with Gasteiger partial charge in [0.05, 0.1) is 0 Å². The standard InChI is InChI=1S/C17H20N4O9P.Na/c1-7-3-9-10(4-8(7)2)21(15-13(18-9)16(25)20-17(26)19-15)5-12(30-31(27,28)29)14(24)11(23)6-22;/h3-4,6,11-12,14,22-24H,5H2,1-2H3,(H,20,25,26)(H2,27,28,29);/t11-,12+,14-;/m0./s1. The molecule has 0 aliphatic carbocycles. The number of aromatic amines is 1. The van der Waals surface area contributed by atoms with Gasteiger partial charge in [-0.2, -0.15) is 0 Å². The van der Waals surface area contributed by atoms with Gasteiger partial charge in [0.15, 0.2) is 0 Å². The SMILES string of the molecule is Cc1cc2nc3c(=O)[nH]c(=O)nc-3n(C[C@@H](OP(=O)(O)O)[C@@H](O)[C@@H](O)[CH](O)[Na])c2cc1C. The molecule has 0 amide bonds. The zero-order valence-corrected chi connectivity index (χ0v) is 20.2. The maximum atomic E-state index is 12.3. The first-order valence-electron chi connectivity index (χ1n) is 9.48. The third-order valence-corrected chi connectivity index (χ3v) is 6.31. The Bertz CT molecular complexity index is 1290. The Morgan fingerprint density at radius 3 is 2.34 bits per heavy atom. The van der Waals surface area contributed by atoms with E-state index >= 15 is 0 Å². The summed E-state index contributed by atoms with van der Waals surface area (Å²) < 4.78 is 16.2. The molecule has 1 aromatic rings. The van der Waals surface area contributed by atoms with Gasteiger partial charge in [-0.25, -0.2) is 0 Å². The van der Waals surface area contributed by atoms with Gasteiger partial charge in [-0.1, -0.05) is 0 Å². The van der Waals surface area contributed by atoms with Crippen molar-refractivity contribution in [3.63, 3.8) is 0 Å². The van der Waals surface area contributed by atoms with Gasteiger partial charge < -0.3 is 0 Å². The summed E-state index contributed by atoms with van der Waals surface area (Å²) in [5.74, 6) is -0.207. The van der Waals surface area contributed by atoms with Crippen molar-refractivity contribution in [3.8, 4) is 11.5 Å². The van der Waals surface area contributed by atoms with Gasteiger partial charge in [-0.15, -0.1) is 0 Å². The van der Waals surface area contributed by atoms with Gasteiger partial charge in [0, 0.05) is 0 Å². The molecule has 0 fully saturated rings. The summed E-state index contributed by atoms with van der Waals surface area (Å²) in [4.78, 5) is 52.9. The summed E-state index contributed by atoms with van der Waals surface area (Å²) in [6, 6.07) is 3.35. The molecule has 0 bridgehead atoms. The molecular formula is C17H20N4NaO9P. The number of aliphatic hydroxyl groups is 3. The van der Waals surface area contributed by atoms with Crippen LogP contribution in [0.1, 0.15) is 11.1 Å². The second-order valence-corrected chi connectivity index (χ2v) is 9.92. The van der Waals surface area contributed by atoms with Gasteiger partial charge in [-0.3, -0.25) is 0 Å². The van der Waals surface area contributed by atoms with E-state index in [-0.39, 0.29) is 39.4 Å². The van der Waals surface area contributed by atoms with Gasteiger partial charge in [-0.05, 0) is 0 Å². The molecular weight excluding hydrogens is 458 g/mol. The van der Waals surface area contributed by atoms with Crippen molar-refractivity contribution >= 4 is 46.8 Å². The predicted molar refractivity (Wildman–Crippen MR) is 111 cm³/mol. The maximum absolute atomic E-state index is 12.3. The van der Waals surface area contributed by atoms with E-state index in [1.165, 1.54) is 4.57 Å². The minimum absolute atomic E-state index is 0.0596. The van der Waals surface area contributed by atoms with E-state index in [4.69, 9.17) is 4.52 Å². The van der Waals surface area contributed by atoms with Crippen molar-refractivity contribution in [2.45, 2.75) is 42.1 Å². The Morgan fingerprint density at radius 2 is 1.75 bits per heavy atom. The monoisotopic (exact) mass is 478 g/mol. The Labute approximate surface area is 197 Å². The fourth-order valence-corrected chi connectivity index (χ4v) is 4.24. The number of benzene rings is 1. The summed E-state index contributed by atoms with van der Waals surface area (Å²) in [6.45, 7) is 3.08. The molecule has 3 rings (SSSR count). The Balaban J connectivity index is 2.29. The zero-order valence-electron chi connectivity index (χ0n) is 17.3. The minimum atomic E-state index is -5.16. The molecule has 0 saturated heterocycles. The van der Waals surface area contributed by atoms with E-state index in [9.17, 15) is 39.3 Å². The number of aliphatic hydroxyl groups excluding tert-OH is 3. The van der Waals surface area contributed by atoms with Gasteiger partial charge in [0.2, 0.25) is 0 Å². The topological polar surface area (TPSA) is 208 Å². The number of aryl methyl sites for hydroxylation is 2. The molecule has 32 heavy (non-hydrogen) atoms. The summed E-state index contributed by atoms with van der Waals surface area (Å²) in [7, 11) is -5.16. The van der Waals surface area contributed by atoms with E-state index in [2.05, 4.69) is 9.97 Å². The van der Waals surface area contributed by atoms with E-state index < -0.39 is 47.3 Å². The molecule has 2 aliphatic heterocycles. The third-order valence-electron chi connectivity index (χ3n) is 5.08. The van der Waals surface area contributed by atoms with E-state index in [1.54, 1.807) is 19.1 Å². The number of H-pyrrole nitrogens is 1. The second kappa shape index (κ2) is 9.39. The fourth-order valence-electron chi connectivity index (χ4n) is 3.30. The number of aromatic nitrogens is 4. The van der Waals surface area contributed by atoms with Crippen molar-refractivity contribution in [2.24, 2.45) is 0 Å². The predicted octanol–water partition coefficient (Wildman–Crippen LogP) is -2.11. The van der Waals surface area contributed by atoms with Crippen LogP contribution in [0.4, 0.5) is 0 Å². The van der Waals surface area contributed by atoms with Crippen LogP contribution in [-0.4, -0.2) is 94.2 Å². The molecule has 2 aliphatic rings. The first-order valence-corrected chi connectivity index (χ1v) is 12.2. The van der Waals surface area contributed by atoms with Gasteiger partial charge in [0.25, 0.3) is 0 Å². The van der Waals surface area contributed by atoms with E-state index in [0.717, 1.165) is 11.1 Å². The molecule has 13 nitrogen and oxygen atoms in total. The number of nitrogens with zero attached hydrogens (tertiary/aromatic N) is 3. The van der Waals surface area contributed by atoms with E-state index in [0.29, 0.717) is 11.0 Å². The van der Waals surface area contributed by atoms with Crippen LogP contribution in [0.15, 0.2) is 21.7 Å². The Hall–Kier alpha value is -1.51. The molecule has 168 valence electrons. The number of hydrogen-bond donors (Lipinski definition) is 6. The molecule has 0 spiro atoms. The van der Waals surface area contributed by atoms with Crippen LogP contribution in [0.25, 0.3) is 22.6 Å². The molecule has 0 radical (unpaired) electrons. The van der Waals surface area contributed by atoms with Crippen LogP contribution in [0.3, 0.4) is 0 Å². The zero-order chi connectivity index (χ0) is 24.0. The second-order valence-electron chi connectivity index (χ2n) is 7.55. The first-order chi connectivity index (χ1) is 14.8. The average Bonchev–Trinajstić information content (AvgIpc) is 2.67. The number of hydrogen-bond acceptors (Lipinski definition) is 9. The first kappa shape index (κ1) is 25.1. The van der Waals surface area contributed by atoms with Crippen molar-refractivity contribution in [1.29, 1.82) is 0 Å². The van der Waals surface area contributed by atoms with Crippen LogP contribution in [0.5, 0.6) is 0 Å². The summed E-state index contributed by atoms with van der Waals surface area (Å²) in [5, 5.41) is 30.3. The van der Waals surface area contributed by atoms with Crippen LogP contribution >= 0.6 is 7.82 Å². The molecule has 4 atom stereocenters. The summed E-state index contributed by atoms with van der Waals surface area (Å²) in [6.07, 6.45) is -5.42. The van der Waals surface area contributed by atoms with Crippen molar-refractivity contribution in [2.75, 3.05) is 0 Å². The van der Waals surface area contributed by atoms with Crippen molar-refractivity contribution in [1.82, 2.24) is 19.5 Å². The van der Waals surface area contributed by atoms with E-state index in [1.807, 2.05) is 11.9 Å². The van der Waals surface area contributed by atoms with Crippen LogP contribution in [0.2, 0.25) is 0 Å². The number of nitrogens with one attached hydrogen (secondary N) is 1. The van der Waals surface area contributed by atoms with Crippen molar-refractivity contribution < 1.29 is 34.2 Å².